The van der Waals surface area contributed by atoms with E-state index in [-0.39, 0.29) is 11.2 Å². The van der Waals surface area contributed by atoms with Gasteiger partial charge in [-0.1, -0.05) is 43.2 Å². The van der Waals surface area contributed by atoms with Crippen LogP contribution in [0.25, 0.3) is 0 Å². The third-order valence-electron chi connectivity index (χ3n) is 4.83. The smallest absolute Gasteiger partial charge is 0.211 e. The zero-order chi connectivity index (χ0) is 16.2. The van der Waals surface area contributed by atoms with Crippen LogP contribution in [0.1, 0.15) is 36.8 Å². The van der Waals surface area contributed by atoms with Gasteiger partial charge in [-0.15, -0.1) is 0 Å². The van der Waals surface area contributed by atoms with Crippen molar-refractivity contribution in [2.24, 2.45) is 0 Å². The van der Waals surface area contributed by atoms with Crippen molar-refractivity contribution in [3.8, 4) is 0 Å². The summed E-state index contributed by atoms with van der Waals surface area (Å²) >= 11 is 1.69. The summed E-state index contributed by atoms with van der Waals surface area (Å²) < 4.78 is 27.6. The van der Waals surface area contributed by atoms with E-state index in [9.17, 15) is 8.42 Å². The van der Waals surface area contributed by atoms with Crippen LogP contribution in [0.3, 0.4) is 0 Å². The Morgan fingerprint density at radius 3 is 2.48 bits per heavy atom. The predicted octanol–water partition coefficient (Wildman–Crippen LogP) is 3.72. The van der Waals surface area contributed by atoms with E-state index in [0.717, 1.165) is 18.4 Å². The molecular weight excluding hydrogens is 326 g/mol. The van der Waals surface area contributed by atoms with Crippen LogP contribution < -0.4 is 4.72 Å². The van der Waals surface area contributed by atoms with Crippen molar-refractivity contribution in [1.29, 1.82) is 0 Å². The molecule has 5 heteroatoms. The first kappa shape index (κ1) is 16.7. The molecule has 1 aliphatic rings. The lowest BCUT2D eigenvalue weighted by molar-refractivity contribution is 0.433. The molecule has 0 bridgehead atoms. The van der Waals surface area contributed by atoms with Crippen LogP contribution in [0.5, 0.6) is 0 Å². The van der Waals surface area contributed by atoms with Crippen molar-refractivity contribution >= 4 is 21.4 Å². The molecule has 0 saturated heterocycles. The number of hydrogen-bond donors (Lipinski definition) is 1. The Labute approximate surface area is 142 Å². The zero-order valence-corrected chi connectivity index (χ0v) is 14.8. The molecule has 0 spiro atoms. The maximum atomic E-state index is 12.4. The summed E-state index contributed by atoms with van der Waals surface area (Å²) in [6.45, 7) is 0.529. The van der Waals surface area contributed by atoms with E-state index < -0.39 is 10.0 Å². The maximum absolute atomic E-state index is 12.4. The van der Waals surface area contributed by atoms with Crippen molar-refractivity contribution in [1.82, 2.24) is 4.72 Å². The highest BCUT2D eigenvalue weighted by atomic mass is 32.2. The standard InChI is InChI=1S/C18H23NO2S2/c20-23(21,13-9-16-6-2-1-3-7-16)19-15-18(10-4-5-11-18)17-8-12-22-14-17/h1-3,6-8,12,14,19H,4-5,9-11,13,15H2. The van der Waals surface area contributed by atoms with Crippen molar-refractivity contribution in [3.05, 3.63) is 58.3 Å². The molecule has 23 heavy (non-hydrogen) atoms. The van der Waals surface area contributed by atoms with Gasteiger partial charge in [0.05, 0.1) is 5.75 Å². The molecule has 124 valence electrons. The van der Waals surface area contributed by atoms with Crippen LogP contribution in [0, 0.1) is 0 Å². The van der Waals surface area contributed by atoms with Gasteiger partial charge < -0.3 is 0 Å². The van der Waals surface area contributed by atoms with Crippen molar-refractivity contribution in [2.45, 2.75) is 37.5 Å². The molecule has 0 amide bonds. The van der Waals surface area contributed by atoms with Gasteiger partial charge in [0.2, 0.25) is 10.0 Å². The van der Waals surface area contributed by atoms with Crippen LogP contribution in [0.4, 0.5) is 0 Å². The Kier molecular flexibility index (Phi) is 5.19. The Hall–Kier alpha value is -1.17. The average molecular weight is 350 g/mol. The molecule has 0 atom stereocenters. The first-order valence-electron chi connectivity index (χ1n) is 8.14. The predicted molar refractivity (Wildman–Crippen MR) is 96.4 cm³/mol. The number of nitrogens with one attached hydrogen (secondary N) is 1. The number of rotatable bonds is 7. The van der Waals surface area contributed by atoms with E-state index in [0.29, 0.717) is 13.0 Å². The van der Waals surface area contributed by atoms with Crippen LogP contribution in [0.2, 0.25) is 0 Å². The normalized spacial score (nSPS) is 17.4. The Balaban J connectivity index is 1.61. The van der Waals surface area contributed by atoms with Gasteiger partial charge in [0.1, 0.15) is 0 Å². The zero-order valence-electron chi connectivity index (χ0n) is 13.2. The van der Waals surface area contributed by atoms with E-state index in [1.54, 1.807) is 11.3 Å². The number of hydrogen-bond acceptors (Lipinski definition) is 3. The summed E-state index contributed by atoms with van der Waals surface area (Å²) in [7, 11) is -3.24. The molecule has 1 N–H and O–H groups in total. The molecule has 0 aliphatic heterocycles. The fraction of sp³-hybridized carbons (Fsp3) is 0.444. The van der Waals surface area contributed by atoms with Crippen LogP contribution in [-0.2, 0) is 21.9 Å². The van der Waals surface area contributed by atoms with Gasteiger partial charge >= 0.3 is 0 Å². The van der Waals surface area contributed by atoms with Crippen molar-refractivity contribution in [3.63, 3.8) is 0 Å². The third kappa shape index (κ3) is 4.22. The quantitative estimate of drug-likeness (QED) is 0.828. The molecular formula is C18H23NO2S2. The van der Waals surface area contributed by atoms with E-state index in [1.807, 2.05) is 30.3 Å². The molecule has 1 fully saturated rings. The Morgan fingerprint density at radius 2 is 1.83 bits per heavy atom. The van der Waals surface area contributed by atoms with Gasteiger partial charge in [-0.05, 0) is 47.2 Å². The van der Waals surface area contributed by atoms with Crippen LogP contribution in [-0.4, -0.2) is 20.7 Å². The number of benzene rings is 1. The lowest BCUT2D eigenvalue weighted by Gasteiger charge is -2.28. The summed E-state index contributed by atoms with van der Waals surface area (Å²) in [5, 5.41) is 4.25. The SMILES string of the molecule is O=S(=O)(CCc1ccccc1)NCC1(c2ccsc2)CCCC1. The molecule has 2 aromatic rings. The second kappa shape index (κ2) is 7.16. The highest BCUT2D eigenvalue weighted by Crippen LogP contribution is 2.41. The van der Waals surface area contributed by atoms with E-state index >= 15 is 0 Å². The minimum Gasteiger partial charge on any atom is -0.214 e. The maximum Gasteiger partial charge on any atom is 0.211 e. The Bertz CT molecular complexity index is 703. The van der Waals surface area contributed by atoms with Crippen LogP contribution in [0.15, 0.2) is 47.2 Å². The Morgan fingerprint density at radius 1 is 1.09 bits per heavy atom. The van der Waals surface area contributed by atoms with Gasteiger partial charge in [-0.2, -0.15) is 11.3 Å². The molecule has 1 saturated carbocycles. The molecule has 1 aromatic carbocycles. The summed E-state index contributed by atoms with van der Waals surface area (Å²) in [6.07, 6.45) is 5.07. The summed E-state index contributed by atoms with van der Waals surface area (Å²) in [5.74, 6) is 0.150. The largest absolute Gasteiger partial charge is 0.214 e. The molecule has 0 unspecified atom stereocenters. The molecule has 3 nitrogen and oxygen atoms in total. The van der Waals surface area contributed by atoms with Crippen molar-refractivity contribution < 1.29 is 8.42 Å². The highest BCUT2D eigenvalue weighted by molar-refractivity contribution is 7.89. The molecule has 3 rings (SSSR count). The molecule has 0 radical (unpaired) electrons. The van der Waals surface area contributed by atoms with Gasteiger partial charge in [0.25, 0.3) is 0 Å². The van der Waals surface area contributed by atoms with E-state index in [1.165, 1.54) is 18.4 Å². The van der Waals surface area contributed by atoms with E-state index in [4.69, 9.17) is 0 Å². The summed E-state index contributed by atoms with van der Waals surface area (Å²) in [6, 6.07) is 11.9. The van der Waals surface area contributed by atoms with Gasteiger partial charge in [0, 0.05) is 12.0 Å². The summed E-state index contributed by atoms with van der Waals surface area (Å²) in [4.78, 5) is 0. The number of sulfonamides is 1. The number of thiophene rings is 1. The molecule has 1 aromatic heterocycles. The van der Waals surface area contributed by atoms with Crippen molar-refractivity contribution in [2.75, 3.05) is 12.3 Å². The fourth-order valence-electron chi connectivity index (χ4n) is 3.40. The molecule has 1 heterocycles. The van der Waals surface area contributed by atoms with Crippen LogP contribution >= 0.6 is 11.3 Å². The fourth-order valence-corrected chi connectivity index (χ4v) is 5.33. The number of aryl methyl sites for hydroxylation is 1. The molecule has 1 aliphatic carbocycles. The lowest BCUT2D eigenvalue weighted by Crippen LogP contribution is -2.40. The van der Waals surface area contributed by atoms with Gasteiger partial charge in [-0.3, -0.25) is 0 Å². The first-order valence-corrected chi connectivity index (χ1v) is 10.7. The minimum atomic E-state index is -3.24. The first-order chi connectivity index (χ1) is 11.1. The van der Waals surface area contributed by atoms with Gasteiger partial charge in [-0.25, -0.2) is 13.1 Å². The minimum absolute atomic E-state index is 0.000182. The topological polar surface area (TPSA) is 46.2 Å². The second-order valence-corrected chi connectivity index (χ2v) is 9.08. The van der Waals surface area contributed by atoms with Gasteiger partial charge in [0.15, 0.2) is 0 Å². The highest BCUT2D eigenvalue weighted by Gasteiger charge is 2.36. The second-order valence-electron chi connectivity index (χ2n) is 6.38. The third-order valence-corrected chi connectivity index (χ3v) is 6.84. The summed E-state index contributed by atoms with van der Waals surface area (Å²) in [5.41, 5.74) is 2.36. The lowest BCUT2D eigenvalue weighted by atomic mass is 9.81. The monoisotopic (exact) mass is 349 g/mol. The average Bonchev–Trinajstić information content (AvgIpc) is 3.24. The van der Waals surface area contributed by atoms with E-state index in [2.05, 4.69) is 21.5 Å².